The van der Waals surface area contributed by atoms with Gasteiger partial charge in [-0.15, -0.1) is 0 Å². The summed E-state index contributed by atoms with van der Waals surface area (Å²) >= 11 is 14.1. The predicted molar refractivity (Wildman–Crippen MR) is 83.4 cm³/mol. The fraction of sp³-hybridized carbons (Fsp3) is 0.143. The molecule has 0 aliphatic rings. The molecule has 0 saturated heterocycles. The molecule has 2 rings (SSSR count). The molecule has 0 atom stereocenters. The average Bonchev–Trinajstić information content (AvgIpc) is 2.36. The molecule has 0 bridgehead atoms. The van der Waals surface area contributed by atoms with Crippen LogP contribution in [0.4, 0.5) is 11.4 Å². The lowest BCUT2D eigenvalue weighted by Gasteiger charge is -2.13. The zero-order chi connectivity index (χ0) is 13.0. The molecule has 1 nitrogen and oxygen atoms in total. The maximum absolute atomic E-state index is 6.16. The summed E-state index contributed by atoms with van der Waals surface area (Å²) in [7, 11) is 0. The van der Waals surface area contributed by atoms with Crippen molar-refractivity contribution >= 4 is 46.3 Å². The lowest BCUT2D eigenvalue weighted by molar-refractivity contribution is 1.39. The van der Waals surface area contributed by atoms with Crippen LogP contribution in [0.5, 0.6) is 0 Å². The van der Waals surface area contributed by atoms with Gasteiger partial charge in [0, 0.05) is 11.4 Å². The second-order valence-electron chi connectivity index (χ2n) is 3.81. The smallest absolute Gasteiger partial charge is 0.0763 e. The predicted octanol–water partition coefficient (Wildman–Crippen LogP) is 5.60. The Morgan fingerprint density at radius 1 is 1.00 bits per heavy atom. The number of para-hydroxylation sites is 2. The van der Waals surface area contributed by atoms with Crippen LogP contribution in [0.25, 0.3) is 0 Å². The van der Waals surface area contributed by atoms with Gasteiger partial charge in [0.25, 0.3) is 0 Å². The zero-order valence-electron chi connectivity index (χ0n) is 9.91. The molecular formula is C14H13Cl2NS. The van der Waals surface area contributed by atoms with Gasteiger partial charge in [0.1, 0.15) is 0 Å². The van der Waals surface area contributed by atoms with E-state index in [1.54, 1.807) is 11.8 Å². The monoisotopic (exact) mass is 297 g/mol. The van der Waals surface area contributed by atoms with Crippen molar-refractivity contribution < 1.29 is 0 Å². The van der Waals surface area contributed by atoms with Gasteiger partial charge in [-0.2, -0.15) is 11.8 Å². The van der Waals surface area contributed by atoms with Crippen molar-refractivity contribution in [2.24, 2.45) is 0 Å². The lowest BCUT2D eigenvalue weighted by atomic mass is 10.2. The fourth-order valence-corrected chi connectivity index (χ4v) is 2.73. The molecule has 94 valence electrons. The quantitative estimate of drug-likeness (QED) is 0.788. The third kappa shape index (κ3) is 3.14. The molecule has 0 spiro atoms. The highest BCUT2D eigenvalue weighted by molar-refractivity contribution is 7.97. The van der Waals surface area contributed by atoms with Crippen molar-refractivity contribution in [2.45, 2.75) is 5.75 Å². The Hall–Kier alpha value is -0.830. The van der Waals surface area contributed by atoms with E-state index in [2.05, 4.69) is 17.6 Å². The molecule has 0 unspecified atom stereocenters. The van der Waals surface area contributed by atoms with Crippen molar-refractivity contribution in [2.75, 3.05) is 11.6 Å². The molecule has 0 aliphatic carbocycles. The van der Waals surface area contributed by atoms with Gasteiger partial charge in [-0.1, -0.05) is 47.5 Å². The standard InChI is InChI=1S/C14H13Cl2NS/c1-18-9-10-5-2-3-8-13(10)17-14-11(15)6-4-7-12(14)16/h2-8,17H,9H2,1H3. The SMILES string of the molecule is CSCc1ccccc1Nc1c(Cl)cccc1Cl. The maximum Gasteiger partial charge on any atom is 0.0763 e. The van der Waals surface area contributed by atoms with Gasteiger partial charge in [-0.25, -0.2) is 0 Å². The molecule has 0 fully saturated rings. The highest BCUT2D eigenvalue weighted by atomic mass is 35.5. The van der Waals surface area contributed by atoms with E-state index in [1.165, 1.54) is 5.56 Å². The van der Waals surface area contributed by atoms with E-state index in [9.17, 15) is 0 Å². The van der Waals surface area contributed by atoms with Crippen molar-refractivity contribution in [1.29, 1.82) is 0 Å². The van der Waals surface area contributed by atoms with E-state index in [0.717, 1.165) is 17.1 Å². The van der Waals surface area contributed by atoms with Crippen LogP contribution in [0.1, 0.15) is 5.56 Å². The van der Waals surface area contributed by atoms with Crippen LogP contribution in [0.15, 0.2) is 42.5 Å². The van der Waals surface area contributed by atoms with Crippen molar-refractivity contribution in [3.63, 3.8) is 0 Å². The highest BCUT2D eigenvalue weighted by Gasteiger charge is 2.07. The van der Waals surface area contributed by atoms with Gasteiger partial charge in [0.15, 0.2) is 0 Å². The molecule has 4 heteroatoms. The second kappa shape index (κ2) is 6.37. The summed E-state index contributed by atoms with van der Waals surface area (Å²) in [5.74, 6) is 0.950. The molecule has 18 heavy (non-hydrogen) atoms. The lowest BCUT2D eigenvalue weighted by Crippen LogP contribution is -1.96. The zero-order valence-corrected chi connectivity index (χ0v) is 12.2. The Morgan fingerprint density at radius 3 is 2.33 bits per heavy atom. The Balaban J connectivity index is 2.34. The van der Waals surface area contributed by atoms with Crippen LogP contribution in [0.2, 0.25) is 10.0 Å². The van der Waals surface area contributed by atoms with E-state index >= 15 is 0 Å². The van der Waals surface area contributed by atoms with E-state index in [1.807, 2.05) is 36.4 Å². The highest BCUT2D eigenvalue weighted by Crippen LogP contribution is 2.34. The first-order valence-corrected chi connectivity index (χ1v) is 7.65. The molecule has 0 aliphatic heterocycles. The number of benzene rings is 2. The van der Waals surface area contributed by atoms with E-state index in [0.29, 0.717) is 10.0 Å². The number of rotatable bonds is 4. The van der Waals surface area contributed by atoms with Gasteiger partial charge < -0.3 is 5.32 Å². The van der Waals surface area contributed by atoms with Crippen molar-refractivity contribution in [1.82, 2.24) is 0 Å². The van der Waals surface area contributed by atoms with Crippen LogP contribution < -0.4 is 5.32 Å². The van der Waals surface area contributed by atoms with Gasteiger partial charge >= 0.3 is 0 Å². The second-order valence-corrected chi connectivity index (χ2v) is 5.49. The number of thioether (sulfide) groups is 1. The van der Waals surface area contributed by atoms with E-state index < -0.39 is 0 Å². The summed E-state index contributed by atoms with van der Waals surface area (Å²) in [5.41, 5.74) is 3.04. The summed E-state index contributed by atoms with van der Waals surface area (Å²) in [5, 5.41) is 4.57. The number of hydrogen-bond acceptors (Lipinski definition) is 2. The third-order valence-electron chi connectivity index (χ3n) is 2.54. The minimum Gasteiger partial charge on any atom is -0.353 e. The van der Waals surface area contributed by atoms with Gasteiger partial charge in [-0.05, 0) is 30.0 Å². The topological polar surface area (TPSA) is 12.0 Å². The summed E-state index contributed by atoms with van der Waals surface area (Å²) in [6.45, 7) is 0. The number of halogens is 2. The van der Waals surface area contributed by atoms with E-state index in [-0.39, 0.29) is 0 Å². The minimum atomic E-state index is 0.626. The maximum atomic E-state index is 6.16. The van der Waals surface area contributed by atoms with Crippen LogP contribution in [-0.4, -0.2) is 6.26 Å². The van der Waals surface area contributed by atoms with Crippen LogP contribution in [0.3, 0.4) is 0 Å². The Morgan fingerprint density at radius 2 is 1.67 bits per heavy atom. The first kappa shape index (κ1) is 13.6. The third-order valence-corrected chi connectivity index (χ3v) is 3.77. The van der Waals surface area contributed by atoms with Crippen LogP contribution in [-0.2, 0) is 5.75 Å². The van der Waals surface area contributed by atoms with Crippen LogP contribution in [0, 0.1) is 0 Å². The summed E-state index contributed by atoms with van der Waals surface area (Å²) in [6, 6.07) is 13.7. The fourth-order valence-electron chi connectivity index (χ4n) is 1.68. The molecular weight excluding hydrogens is 285 g/mol. The minimum absolute atomic E-state index is 0.626. The summed E-state index contributed by atoms with van der Waals surface area (Å²) < 4.78 is 0. The molecule has 0 aromatic heterocycles. The molecule has 0 amide bonds. The van der Waals surface area contributed by atoms with Crippen molar-refractivity contribution in [3.05, 3.63) is 58.1 Å². The number of anilines is 2. The Kier molecular flexibility index (Phi) is 4.81. The van der Waals surface area contributed by atoms with Crippen molar-refractivity contribution in [3.8, 4) is 0 Å². The van der Waals surface area contributed by atoms with Gasteiger partial charge in [0.05, 0.1) is 15.7 Å². The number of hydrogen-bond donors (Lipinski definition) is 1. The summed E-state index contributed by atoms with van der Waals surface area (Å²) in [4.78, 5) is 0. The van der Waals surface area contributed by atoms with E-state index in [4.69, 9.17) is 23.2 Å². The Bertz CT molecular complexity index is 523. The normalized spacial score (nSPS) is 10.4. The van der Waals surface area contributed by atoms with Gasteiger partial charge in [0.2, 0.25) is 0 Å². The first-order chi connectivity index (χ1) is 8.72. The molecule has 1 N–H and O–H groups in total. The Labute approximate surface area is 121 Å². The molecule has 0 radical (unpaired) electrons. The summed E-state index contributed by atoms with van der Waals surface area (Å²) in [6.07, 6.45) is 2.08. The number of nitrogens with one attached hydrogen (secondary N) is 1. The average molecular weight is 298 g/mol. The first-order valence-electron chi connectivity index (χ1n) is 5.50. The molecule has 0 saturated carbocycles. The molecule has 2 aromatic carbocycles. The van der Waals surface area contributed by atoms with Gasteiger partial charge in [-0.3, -0.25) is 0 Å². The largest absolute Gasteiger partial charge is 0.353 e. The van der Waals surface area contributed by atoms with Crippen LogP contribution >= 0.6 is 35.0 Å². The molecule has 2 aromatic rings. The molecule has 0 heterocycles.